The zero-order valence-corrected chi connectivity index (χ0v) is 20.1. The Balaban J connectivity index is 1.36. The molecule has 0 amide bonds. The van der Waals surface area contributed by atoms with Gasteiger partial charge < -0.3 is 19.8 Å². The Hall–Kier alpha value is -4.53. The van der Waals surface area contributed by atoms with Crippen molar-refractivity contribution in [2.45, 2.75) is 33.4 Å². The standard InChI is InChI=1S/C27H25FN6O2/c1-16(2)34-13-22(25-26(29)32-15-33-27(25)34)19-4-6-20(7-5-19)36-24-10-21(8-9-23(24)28)35-14-18-11-30-17(3)31-12-18/h4-13,15-16H,14H2,1-3H3,(H2,29,32,33). The molecule has 9 heteroatoms. The van der Waals surface area contributed by atoms with Crippen LogP contribution >= 0.6 is 0 Å². The van der Waals surface area contributed by atoms with Gasteiger partial charge in [-0.1, -0.05) is 12.1 Å². The minimum Gasteiger partial charge on any atom is -0.489 e. The van der Waals surface area contributed by atoms with Crippen LogP contribution in [0.1, 0.15) is 31.3 Å². The maximum Gasteiger partial charge on any atom is 0.166 e. The topological polar surface area (TPSA) is 101 Å². The van der Waals surface area contributed by atoms with Crippen molar-refractivity contribution in [2.75, 3.05) is 5.73 Å². The summed E-state index contributed by atoms with van der Waals surface area (Å²) in [5.41, 5.74) is 9.63. The number of nitrogens with two attached hydrogens (primary N) is 1. The highest BCUT2D eigenvalue weighted by Gasteiger charge is 2.17. The molecule has 0 saturated carbocycles. The van der Waals surface area contributed by atoms with E-state index in [9.17, 15) is 4.39 Å². The highest BCUT2D eigenvalue weighted by atomic mass is 19.1. The molecule has 0 spiro atoms. The van der Waals surface area contributed by atoms with Crippen LogP contribution in [0.4, 0.5) is 10.2 Å². The molecule has 0 saturated heterocycles. The molecular weight excluding hydrogens is 459 g/mol. The number of aromatic nitrogens is 5. The number of hydrogen-bond acceptors (Lipinski definition) is 7. The molecule has 2 aromatic carbocycles. The second kappa shape index (κ2) is 9.61. The minimum atomic E-state index is -0.491. The molecule has 0 atom stereocenters. The van der Waals surface area contributed by atoms with Crippen molar-refractivity contribution in [1.29, 1.82) is 0 Å². The van der Waals surface area contributed by atoms with Crippen molar-refractivity contribution in [3.63, 3.8) is 0 Å². The van der Waals surface area contributed by atoms with Gasteiger partial charge in [-0.25, -0.2) is 24.3 Å². The molecule has 2 N–H and O–H groups in total. The van der Waals surface area contributed by atoms with Crippen LogP contribution in [0.25, 0.3) is 22.2 Å². The van der Waals surface area contributed by atoms with Crippen molar-refractivity contribution >= 4 is 16.9 Å². The molecule has 5 rings (SSSR count). The van der Waals surface area contributed by atoms with Crippen LogP contribution in [0.2, 0.25) is 0 Å². The van der Waals surface area contributed by atoms with Crippen molar-refractivity contribution in [1.82, 2.24) is 24.5 Å². The fraction of sp³-hybridized carbons (Fsp3) is 0.185. The van der Waals surface area contributed by atoms with Gasteiger partial charge in [0.05, 0.1) is 5.39 Å². The summed E-state index contributed by atoms with van der Waals surface area (Å²) < 4.78 is 28.1. The van der Waals surface area contributed by atoms with E-state index < -0.39 is 5.82 Å². The average Bonchev–Trinajstić information content (AvgIpc) is 3.27. The minimum absolute atomic E-state index is 0.0643. The summed E-state index contributed by atoms with van der Waals surface area (Å²) in [6, 6.07) is 12.0. The Labute approximate surface area is 207 Å². The zero-order chi connectivity index (χ0) is 25.2. The lowest BCUT2D eigenvalue weighted by molar-refractivity contribution is 0.302. The number of nitrogens with zero attached hydrogens (tertiary/aromatic N) is 5. The molecule has 0 aliphatic carbocycles. The number of benzene rings is 2. The molecule has 3 heterocycles. The van der Waals surface area contributed by atoms with Crippen LogP contribution in [0.3, 0.4) is 0 Å². The molecule has 0 radical (unpaired) electrons. The lowest BCUT2D eigenvalue weighted by Gasteiger charge is -2.11. The fourth-order valence-electron chi connectivity index (χ4n) is 3.86. The SMILES string of the molecule is Cc1ncc(COc2ccc(F)c(Oc3ccc(-c4cn(C(C)C)c5ncnc(N)c45)cc3)c2)cn1. The molecule has 0 unspecified atom stereocenters. The quantitative estimate of drug-likeness (QED) is 0.308. The molecule has 0 fully saturated rings. The normalized spacial score (nSPS) is 11.2. The highest BCUT2D eigenvalue weighted by Crippen LogP contribution is 2.36. The van der Waals surface area contributed by atoms with E-state index in [4.69, 9.17) is 15.2 Å². The molecule has 3 aromatic heterocycles. The number of anilines is 1. The molecule has 8 nitrogen and oxygen atoms in total. The largest absolute Gasteiger partial charge is 0.489 e. The third kappa shape index (κ3) is 4.68. The number of halogens is 1. The monoisotopic (exact) mass is 484 g/mol. The van der Waals surface area contributed by atoms with Crippen LogP contribution < -0.4 is 15.2 Å². The van der Waals surface area contributed by atoms with Crippen LogP contribution in [0.5, 0.6) is 17.2 Å². The predicted octanol–water partition coefficient (Wildman–Crippen LogP) is 5.87. The van der Waals surface area contributed by atoms with E-state index in [-0.39, 0.29) is 18.4 Å². The summed E-state index contributed by atoms with van der Waals surface area (Å²) in [5.74, 6) is 1.64. The molecule has 0 bridgehead atoms. The lowest BCUT2D eigenvalue weighted by atomic mass is 10.1. The van der Waals surface area contributed by atoms with Gasteiger partial charge in [0.25, 0.3) is 0 Å². The van der Waals surface area contributed by atoms with Crippen molar-refractivity contribution in [3.05, 3.63) is 84.6 Å². The third-order valence-electron chi connectivity index (χ3n) is 5.73. The first kappa shape index (κ1) is 23.2. The number of fused-ring (bicyclic) bond motifs is 1. The Kier molecular flexibility index (Phi) is 6.20. The zero-order valence-electron chi connectivity index (χ0n) is 20.1. The molecule has 5 aromatic rings. The number of nitrogen functional groups attached to an aromatic ring is 1. The smallest absolute Gasteiger partial charge is 0.166 e. The molecule has 0 aliphatic rings. The molecule has 36 heavy (non-hydrogen) atoms. The number of rotatable bonds is 7. The van der Waals surface area contributed by atoms with Crippen molar-refractivity contribution in [3.8, 4) is 28.4 Å². The third-order valence-corrected chi connectivity index (χ3v) is 5.73. The van der Waals surface area contributed by atoms with Gasteiger partial charge in [0.1, 0.15) is 41.7 Å². The van der Waals surface area contributed by atoms with Gasteiger partial charge in [0, 0.05) is 41.8 Å². The molecule has 0 aliphatic heterocycles. The van der Waals surface area contributed by atoms with Gasteiger partial charge in [-0.15, -0.1) is 0 Å². The first-order valence-electron chi connectivity index (χ1n) is 11.5. The summed E-state index contributed by atoms with van der Waals surface area (Å²) in [6.07, 6.45) is 6.89. The Morgan fingerprint density at radius 2 is 1.69 bits per heavy atom. The van der Waals surface area contributed by atoms with Gasteiger partial charge >= 0.3 is 0 Å². The number of hydrogen-bond donors (Lipinski definition) is 1. The van der Waals surface area contributed by atoms with Crippen LogP contribution in [-0.4, -0.2) is 24.5 Å². The van der Waals surface area contributed by atoms with Gasteiger partial charge in [-0.05, 0) is 50.6 Å². The first-order valence-corrected chi connectivity index (χ1v) is 11.5. The molecule has 182 valence electrons. The Bertz CT molecular complexity index is 1510. The van der Waals surface area contributed by atoms with Gasteiger partial charge in [0.15, 0.2) is 11.6 Å². The fourth-order valence-corrected chi connectivity index (χ4v) is 3.86. The number of aryl methyl sites for hydroxylation is 1. The van der Waals surface area contributed by atoms with E-state index in [0.29, 0.717) is 23.1 Å². The lowest BCUT2D eigenvalue weighted by Crippen LogP contribution is -2.00. The van der Waals surface area contributed by atoms with E-state index in [2.05, 4.69) is 38.4 Å². The second-order valence-corrected chi connectivity index (χ2v) is 8.65. The summed E-state index contributed by atoms with van der Waals surface area (Å²) in [5, 5.41) is 0.801. The average molecular weight is 485 g/mol. The van der Waals surface area contributed by atoms with Crippen LogP contribution in [0.15, 0.2) is 67.4 Å². The van der Waals surface area contributed by atoms with Crippen molar-refractivity contribution in [2.24, 2.45) is 0 Å². The van der Waals surface area contributed by atoms with Crippen molar-refractivity contribution < 1.29 is 13.9 Å². The van der Waals surface area contributed by atoms with E-state index in [1.54, 1.807) is 30.6 Å². The maximum atomic E-state index is 14.5. The van der Waals surface area contributed by atoms with E-state index in [1.807, 2.05) is 25.3 Å². The predicted molar refractivity (Wildman–Crippen MR) is 135 cm³/mol. The summed E-state index contributed by atoms with van der Waals surface area (Å²) in [7, 11) is 0. The van der Waals surface area contributed by atoms with E-state index in [1.165, 1.54) is 18.5 Å². The van der Waals surface area contributed by atoms with Crippen LogP contribution in [0, 0.1) is 12.7 Å². The first-order chi connectivity index (χ1) is 17.4. The second-order valence-electron chi connectivity index (χ2n) is 8.65. The summed E-state index contributed by atoms with van der Waals surface area (Å²) in [6.45, 7) is 6.24. The van der Waals surface area contributed by atoms with Gasteiger partial charge in [-0.2, -0.15) is 0 Å². The highest BCUT2D eigenvalue weighted by molar-refractivity contribution is 6.00. The number of ether oxygens (including phenoxy) is 2. The maximum absolute atomic E-state index is 14.5. The van der Waals surface area contributed by atoms with Crippen LogP contribution in [-0.2, 0) is 6.61 Å². The Morgan fingerprint density at radius 3 is 2.42 bits per heavy atom. The van der Waals surface area contributed by atoms with E-state index in [0.717, 1.165) is 27.7 Å². The Morgan fingerprint density at radius 1 is 0.972 bits per heavy atom. The van der Waals surface area contributed by atoms with Gasteiger partial charge in [0.2, 0.25) is 0 Å². The molecular formula is C27H25FN6O2. The van der Waals surface area contributed by atoms with E-state index >= 15 is 0 Å². The summed E-state index contributed by atoms with van der Waals surface area (Å²) in [4.78, 5) is 16.9. The summed E-state index contributed by atoms with van der Waals surface area (Å²) >= 11 is 0. The van der Waals surface area contributed by atoms with Gasteiger partial charge in [-0.3, -0.25) is 0 Å².